The van der Waals surface area contributed by atoms with Gasteiger partial charge < -0.3 is 13.6 Å². The van der Waals surface area contributed by atoms with Crippen LogP contribution in [0.25, 0.3) is 0 Å². The van der Waals surface area contributed by atoms with Gasteiger partial charge in [-0.1, -0.05) is 96.1 Å². The van der Waals surface area contributed by atoms with Crippen LogP contribution in [0.5, 0.6) is 0 Å². The van der Waals surface area contributed by atoms with Crippen molar-refractivity contribution in [3.63, 3.8) is 0 Å². The van der Waals surface area contributed by atoms with Gasteiger partial charge in [0, 0.05) is 31.1 Å². The monoisotopic (exact) mass is 590 g/mol. The van der Waals surface area contributed by atoms with Gasteiger partial charge in [-0.15, -0.1) is 0 Å². The van der Waals surface area contributed by atoms with Crippen LogP contribution in [0.2, 0.25) is 33.2 Å². The van der Waals surface area contributed by atoms with Gasteiger partial charge in [-0.05, 0) is 63.5 Å². The van der Waals surface area contributed by atoms with Gasteiger partial charge in [0.25, 0.3) is 0 Å². The molecule has 6 heteroatoms. The second kappa shape index (κ2) is 11.3. The summed E-state index contributed by atoms with van der Waals surface area (Å²) in [6, 6.07) is 0. The highest BCUT2D eigenvalue weighted by atomic mass is 28.4. The molecule has 2 heterocycles. The van der Waals surface area contributed by atoms with E-state index in [4.69, 9.17) is 13.6 Å². The number of hydrogen-bond acceptors (Lipinski definition) is 4. The highest BCUT2D eigenvalue weighted by Gasteiger charge is 2.72. The lowest BCUT2D eigenvalue weighted by molar-refractivity contribution is -0.191. The minimum atomic E-state index is -2.14. The summed E-state index contributed by atoms with van der Waals surface area (Å²) in [5.41, 5.74) is 4.27. The van der Waals surface area contributed by atoms with Gasteiger partial charge in [0.05, 0.1) is 12.2 Å². The number of rotatable bonds is 11. The Hall–Kier alpha value is -0.276. The van der Waals surface area contributed by atoms with Gasteiger partial charge in [0.1, 0.15) is 5.78 Å². The van der Waals surface area contributed by atoms with Crippen LogP contribution in [-0.4, -0.2) is 40.4 Å². The van der Waals surface area contributed by atoms with Crippen LogP contribution < -0.4 is 0 Å². The van der Waals surface area contributed by atoms with Gasteiger partial charge >= 0.3 is 0 Å². The Balaban J connectivity index is 1.73. The number of carbonyl (C=O) groups excluding carboxylic acids is 1. The van der Waals surface area contributed by atoms with Gasteiger partial charge in [0.2, 0.25) is 16.6 Å². The normalized spacial score (nSPS) is 34.6. The van der Waals surface area contributed by atoms with E-state index in [-0.39, 0.29) is 17.4 Å². The summed E-state index contributed by atoms with van der Waals surface area (Å²) in [4.78, 5) is 13.4. The molecule has 0 aromatic carbocycles. The molecule has 2 aliphatic heterocycles. The standard InChI is InChI=1S/C34H62O4Si2/c1-21(2)39(22(3)4,23(5)6)36-20-28-16-29-19-33(38-40(24(7)8,25(9)10)26(11)12)18-27(13)34(29,37-33)31-14-15-32(35)30(31)17-28/h16,21-27,29-31H,14-15,17-20H2,1-13H3/t27-,29+,30-,31-,33-,34-/m1/s1. The third-order valence-corrected chi connectivity index (χ3v) is 24.4. The van der Waals surface area contributed by atoms with Crippen molar-refractivity contribution in [2.75, 3.05) is 6.61 Å². The van der Waals surface area contributed by atoms with Crippen LogP contribution in [0.15, 0.2) is 11.6 Å². The van der Waals surface area contributed by atoms with E-state index in [2.05, 4.69) is 96.1 Å². The molecule has 2 saturated heterocycles. The van der Waals surface area contributed by atoms with Crippen molar-refractivity contribution in [1.82, 2.24) is 0 Å². The smallest absolute Gasteiger partial charge is 0.204 e. The van der Waals surface area contributed by atoms with Crippen molar-refractivity contribution in [2.45, 2.75) is 167 Å². The molecule has 3 fully saturated rings. The maximum absolute atomic E-state index is 13.4. The van der Waals surface area contributed by atoms with Crippen molar-refractivity contribution >= 4 is 22.4 Å². The number of ketones is 1. The van der Waals surface area contributed by atoms with Crippen LogP contribution in [0, 0.1) is 23.7 Å². The van der Waals surface area contributed by atoms with E-state index < -0.39 is 22.4 Å². The first-order valence-electron chi connectivity index (χ1n) is 16.8. The molecule has 0 amide bonds. The molecule has 0 aromatic heterocycles. The molecule has 0 aromatic rings. The highest BCUT2D eigenvalue weighted by molar-refractivity contribution is 6.78. The molecule has 0 radical (unpaired) electrons. The summed E-state index contributed by atoms with van der Waals surface area (Å²) in [7, 11) is -4.15. The number of carbonyl (C=O) groups is 1. The molecule has 230 valence electrons. The molecule has 2 bridgehead atoms. The zero-order valence-electron chi connectivity index (χ0n) is 28.2. The summed E-state index contributed by atoms with van der Waals surface area (Å²) < 4.78 is 22.1. The minimum Gasteiger partial charge on any atom is -0.412 e. The molecule has 40 heavy (non-hydrogen) atoms. The zero-order valence-corrected chi connectivity index (χ0v) is 30.2. The molecule has 0 unspecified atom stereocenters. The van der Waals surface area contributed by atoms with Gasteiger partial charge in [-0.25, -0.2) is 0 Å². The van der Waals surface area contributed by atoms with E-state index in [0.717, 1.165) is 25.7 Å². The number of Topliss-reactive ketones (excluding diaryl/α,β-unsaturated/α-hetero) is 1. The van der Waals surface area contributed by atoms with E-state index in [1.165, 1.54) is 5.57 Å². The average Bonchev–Trinajstić information content (AvgIpc) is 3.40. The first kappa shape index (κ1) is 32.6. The molecule has 4 aliphatic rings. The third-order valence-electron chi connectivity index (χ3n) is 12.2. The van der Waals surface area contributed by atoms with Crippen LogP contribution >= 0.6 is 0 Å². The largest absolute Gasteiger partial charge is 0.412 e. The van der Waals surface area contributed by atoms with Crippen LogP contribution in [-0.2, 0) is 18.4 Å². The molecule has 4 nitrogen and oxygen atoms in total. The van der Waals surface area contributed by atoms with Crippen LogP contribution in [0.4, 0.5) is 0 Å². The molecule has 1 spiro atoms. The lowest BCUT2D eigenvalue weighted by Crippen LogP contribution is -2.54. The maximum Gasteiger partial charge on any atom is 0.204 e. The van der Waals surface area contributed by atoms with Crippen molar-refractivity contribution in [1.29, 1.82) is 0 Å². The molecular weight excluding hydrogens is 529 g/mol. The van der Waals surface area contributed by atoms with E-state index in [1.807, 2.05) is 0 Å². The predicted octanol–water partition coefficient (Wildman–Crippen LogP) is 9.81. The van der Waals surface area contributed by atoms with Gasteiger partial charge in [0.15, 0.2) is 5.79 Å². The van der Waals surface area contributed by atoms with Crippen molar-refractivity contribution in [3.8, 4) is 0 Å². The summed E-state index contributed by atoms with van der Waals surface area (Å²) in [5, 5.41) is 0. The number of hydrogen-bond donors (Lipinski definition) is 0. The highest BCUT2D eigenvalue weighted by Crippen LogP contribution is 2.67. The maximum atomic E-state index is 13.4. The fraction of sp³-hybridized carbons (Fsp3) is 0.912. The summed E-state index contributed by atoms with van der Waals surface area (Å²) in [6.45, 7) is 31.5. The summed E-state index contributed by atoms with van der Waals surface area (Å²) >= 11 is 0. The Morgan fingerprint density at radius 3 is 1.88 bits per heavy atom. The lowest BCUT2D eigenvalue weighted by Gasteiger charge is -2.47. The van der Waals surface area contributed by atoms with E-state index in [9.17, 15) is 4.79 Å². The Labute approximate surface area is 249 Å². The Kier molecular flexibility index (Phi) is 9.25. The zero-order chi connectivity index (χ0) is 30.0. The second-order valence-electron chi connectivity index (χ2n) is 16.1. The topological polar surface area (TPSA) is 44.8 Å². The van der Waals surface area contributed by atoms with Crippen molar-refractivity contribution in [3.05, 3.63) is 11.6 Å². The SMILES string of the molecule is CC(C)[Si](OCC1=C[C@H]2C[C@]3(O[Si](C(C)C)(C(C)C)C(C)C)C[C@@H](C)[C@]2(O3)[C@@H]2CCC(=O)[C@@H]2C1)(C(C)C)C(C)C. The van der Waals surface area contributed by atoms with E-state index in [1.54, 1.807) is 0 Å². The Bertz CT molecular complexity index is 925. The fourth-order valence-electron chi connectivity index (χ4n) is 11.0. The third kappa shape index (κ3) is 4.82. The Morgan fingerprint density at radius 1 is 0.850 bits per heavy atom. The quantitative estimate of drug-likeness (QED) is 0.177. The molecular formula is C34H62O4Si2. The average molecular weight is 591 g/mol. The summed E-state index contributed by atoms with van der Waals surface area (Å²) in [5.74, 6) is 0.959. The molecule has 6 atom stereocenters. The predicted molar refractivity (Wildman–Crippen MR) is 171 cm³/mol. The Morgan fingerprint density at radius 2 is 1.38 bits per heavy atom. The summed E-state index contributed by atoms with van der Waals surface area (Å²) in [6.07, 6.45) is 6.95. The molecule has 0 N–H and O–H groups in total. The first-order valence-corrected chi connectivity index (χ1v) is 21.0. The molecule has 1 saturated carbocycles. The van der Waals surface area contributed by atoms with Gasteiger partial charge in [-0.3, -0.25) is 4.79 Å². The van der Waals surface area contributed by atoms with Crippen molar-refractivity contribution < 1.29 is 18.4 Å². The van der Waals surface area contributed by atoms with E-state index >= 15 is 0 Å². The van der Waals surface area contributed by atoms with Gasteiger partial charge in [-0.2, -0.15) is 0 Å². The minimum absolute atomic E-state index is 0.0618. The van der Waals surface area contributed by atoms with Crippen molar-refractivity contribution in [2.24, 2.45) is 23.7 Å². The van der Waals surface area contributed by atoms with Crippen LogP contribution in [0.1, 0.15) is 122 Å². The van der Waals surface area contributed by atoms with E-state index in [0.29, 0.717) is 63.9 Å². The lowest BCUT2D eigenvalue weighted by atomic mass is 9.63. The molecule has 4 rings (SSSR count). The number of ether oxygens (including phenoxy) is 1. The first-order chi connectivity index (χ1) is 18.5. The number of fused-ring (bicyclic) bond motifs is 2. The fourth-order valence-corrected chi connectivity index (χ4v) is 22.0. The van der Waals surface area contributed by atoms with Crippen LogP contribution in [0.3, 0.4) is 0 Å². The molecule has 2 aliphatic carbocycles. The second-order valence-corrected chi connectivity index (χ2v) is 26.9.